The Balaban J connectivity index is 2.10. The summed E-state index contributed by atoms with van der Waals surface area (Å²) < 4.78 is 38.1. The van der Waals surface area contributed by atoms with Gasteiger partial charge in [-0.25, -0.2) is 4.98 Å². The van der Waals surface area contributed by atoms with Crippen molar-refractivity contribution in [3.8, 4) is 0 Å². The van der Waals surface area contributed by atoms with E-state index in [4.69, 9.17) is 0 Å². The fourth-order valence-electron chi connectivity index (χ4n) is 1.97. The summed E-state index contributed by atoms with van der Waals surface area (Å²) in [4.78, 5) is 29.0. The van der Waals surface area contributed by atoms with Crippen molar-refractivity contribution in [3.05, 3.63) is 16.1 Å². The molecule has 1 aromatic rings. The predicted molar refractivity (Wildman–Crippen MR) is 65.3 cm³/mol. The van der Waals surface area contributed by atoms with Crippen molar-refractivity contribution in [2.24, 2.45) is 0 Å². The monoisotopic (exact) mass is 307 g/mol. The fourth-order valence-corrected chi connectivity index (χ4v) is 2.74. The minimum absolute atomic E-state index is 0.106. The Morgan fingerprint density at radius 1 is 1.20 bits per heavy atom. The Morgan fingerprint density at radius 3 is 2.25 bits per heavy atom. The number of amides is 2. The van der Waals surface area contributed by atoms with Gasteiger partial charge in [0.1, 0.15) is 4.88 Å². The molecule has 1 aliphatic rings. The zero-order valence-corrected chi connectivity index (χ0v) is 11.4. The summed E-state index contributed by atoms with van der Waals surface area (Å²) in [5.41, 5.74) is -0.122. The van der Waals surface area contributed by atoms with Gasteiger partial charge in [0, 0.05) is 33.1 Å². The van der Waals surface area contributed by atoms with Gasteiger partial charge in [-0.3, -0.25) is 9.59 Å². The van der Waals surface area contributed by atoms with Gasteiger partial charge in [-0.2, -0.15) is 13.2 Å². The molecule has 1 saturated heterocycles. The van der Waals surface area contributed by atoms with E-state index in [9.17, 15) is 22.8 Å². The van der Waals surface area contributed by atoms with Crippen LogP contribution < -0.4 is 0 Å². The number of carbonyl (C=O) groups is 2. The molecule has 0 bridgehead atoms. The number of nitrogens with zero attached hydrogens (tertiary/aromatic N) is 3. The van der Waals surface area contributed by atoms with E-state index in [0.717, 1.165) is 5.51 Å². The summed E-state index contributed by atoms with van der Waals surface area (Å²) >= 11 is 0.682. The van der Waals surface area contributed by atoms with Crippen LogP contribution in [0, 0.1) is 0 Å². The number of hydrogen-bond acceptors (Lipinski definition) is 4. The lowest BCUT2D eigenvalue weighted by Crippen LogP contribution is -2.50. The summed E-state index contributed by atoms with van der Waals surface area (Å²) in [6.45, 7) is 2.55. The molecule has 0 aromatic carbocycles. The molecule has 0 atom stereocenters. The second-order valence-corrected chi connectivity index (χ2v) is 5.18. The van der Waals surface area contributed by atoms with Gasteiger partial charge < -0.3 is 9.80 Å². The van der Waals surface area contributed by atoms with Crippen LogP contribution in [0.25, 0.3) is 0 Å². The minimum atomic E-state index is -4.63. The van der Waals surface area contributed by atoms with Gasteiger partial charge in [0.15, 0.2) is 5.69 Å². The normalized spacial score (nSPS) is 16.4. The number of aromatic nitrogens is 1. The van der Waals surface area contributed by atoms with Crippen molar-refractivity contribution < 1.29 is 22.8 Å². The molecule has 0 radical (unpaired) electrons. The van der Waals surface area contributed by atoms with Crippen molar-refractivity contribution in [1.29, 1.82) is 0 Å². The summed E-state index contributed by atoms with van der Waals surface area (Å²) in [7, 11) is 0. The molecule has 2 heterocycles. The maximum atomic E-state index is 12.7. The summed E-state index contributed by atoms with van der Waals surface area (Å²) in [6.07, 6.45) is -4.63. The molecule has 0 N–H and O–H groups in total. The number of hydrogen-bond donors (Lipinski definition) is 0. The van der Waals surface area contributed by atoms with E-state index in [1.807, 2.05) is 0 Å². The Kier molecular flexibility index (Phi) is 3.98. The number of rotatable bonds is 1. The number of piperazine rings is 1. The number of alkyl halides is 3. The lowest BCUT2D eigenvalue weighted by molar-refractivity contribution is -0.141. The SMILES string of the molecule is CC(=O)N1CCN(C(=O)c2scnc2C(F)(F)F)CC1. The van der Waals surface area contributed by atoms with Gasteiger partial charge >= 0.3 is 6.18 Å². The van der Waals surface area contributed by atoms with Crippen molar-refractivity contribution in [2.75, 3.05) is 26.2 Å². The zero-order chi connectivity index (χ0) is 14.9. The maximum Gasteiger partial charge on any atom is 0.434 e. The molecule has 0 saturated carbocycles. The van der Waals surface area contributed by atoms with Gasteiger partial charge in [0.05, 0.1) is 5.51 Å². The molecule has 0 unspecified atom stereocenters. The van der Waals surface area contributed by atoms with Gasteiger partial charge in [-0.1, -0.05) is 0 Å². The van der Waals surface area contributed by atoms with Crippen LogP contribution in [0.5, 0.6) is 0 Å². The highest BCUT2D eigenvalue weighted by molar-refractivity contribution is 7.11. The van der Waals surface area contributed by atoms with Crippen LogP contribution in [-0.4, -0.2) is 52.8 Å². The highest BCUT2D eigenvalue weighted by Crippen LogP contribution is 2.33. The fraction of sp³-hybridized carbons (Fsp3) is 0.545. The topological polar surface area (TPSA) is 53.5 Å². The minimum Gasteiger partial charge on any atom is -0.339 e. The number of carbonyl (C=O) groups excluding carboxylic acids is 2. The first kappa shape index (κ1) is 14.8. The highest BCUT2D eigenvalue weighted by atomic mass is 32.1. The zero-order valence-electron chi connectivity index (χ0n) is 10.6. The molecular formula is C11H12F3N3O2S. The highest BCUT2D eigenvalue weighted by Gasteiger charge is 2.39. The standard InChI is InChI=1S/C11H12F3N3O2S/c1-7(18)16-2-4-17(5-3-16)10(19)8-9(11(12,13)14)15-6-20-8/h6H,2-5H2,1H3. The third-order valence-corrected chi connectivity index (χ3v) is 3.86. The molecule has 2 amide bonds. The van der Waals surface area contributed by atoms with E-state index >= 15 is 0 Å². The van der Waals surface area contributed by atoms with Crippen molar-refractivity contribution in [2.45, 2.75) is 13.1 Å². The van der Waals surface area contributed by atoms with Crippen LogP contribution in [0.2, 0.25) is 0 Å². The molecule has 5 nitrogen and oxygen atoms in total. The first-order valence-electron chi connectivity index (χ1n) is 5.86. The van der Waals surface area contributed by atoms with Gasteiger partial charge in [-0.15, -0.1) is 11.3 Å². The largest absolute Gasteiger partial charge is 0.434 e. The third kappa shape index (κ3) is 2.92. The van der Waals surface area contributed by atoms with E-state index in [-0.39, 0.29) is 19.0 Å². The van der Waals surface area contributed by atoms with E-state index in [1.54, 1.807) is 4.90 Å². The Morgan fingerprint density at radius 2 is 1.75 bits per heavy atom. The van der Waals surface area contributed by atoms with Gasteiger partial charge in [0.2, 0.25) is 5.91 Å². The smallest absolute Gasteiger partial charge is 0.339 e. The van der Waals surface area contributed by atoms with Crippen LogP contribution in [0.4, 0.5) is 13.2 Å². The second kappa shape index (κ2) is 5.39. The molecule has 0 spiro atoms. The van der Waals surface area contributed by atoms with Gasteiger partial charge in [-0.05, 0) is 0 Å². The molecule has 1 aliphatic heterocycles. The van der Waals surface area contributed by atoms with E-state index in [0.29, 0.717) is 24.4 Å². The average molecular weight is 307 g/mol. The van der Waals surface area contributed by atoms with Crippen molar-refractivity contribution in [1.82, 2.24) is 14.8 Å². The molecule has 0 aliphatic carbocycles. The summed E-state index contributed by atoms with van der Waals surface area (Å²) in [5, 5.41) is 0. The van der Waals surface area contributed by atoms with E-state index in [1.165, 1.54) is 11.8 Å². The van der Waals surface area contributed by atoms with E-state index in [2.05, 4.69) is 4.98 Å². The van der Waals surface area contributed by atoms with Crippen molar-refractivity contribution >= 4 is 23.2 Å². The average Bonchev–Trinajstić information content (AvgIpc) is 2.87. The van der Waals surface area contributed by atoms with Crippen LogP contribution in [-0.2, 0) is 11.0 Å². The second-order valence-electron chi connectivity index (χ2n) is 4.33. The third-order valence-electron chi connectivity index (χ3n) is 3.04. The van der Waals surface area contributed by atoms with Gasteiger partial charge in [0.25, 0.3) is 5.91 Å². The Bertz CT molecular complexity index is 521. The molecule has 9 heteroatoms. The molecular weight excluding hydrogens is 295 g/mol. The number of halogens is 3. The Hall–Kier alpha value is -1.64. The van der Waals surface area contributed by atoms with Crippen LogP contribution >= 0.6 is 11.3 Å². The first-order chi connectivity index (χ1) is 9.30. The Labute approximate surface area is 117 Å². The van der Waals surface area contributed by atoms with E-state index < -0.39 is 22.7 Å². The van der Waals surface area contributed by atoms with Crippen LogP contribution in [0.3, 0.4) is 0 Å². The molecule has 20 heavy (non-hydrogen) atoms. The first-order valence-corrected chi connectivity index (χ1v) is 6.74. The summed E-state index contributed by atoms with van der Waals surface area (Å²) in [5.74, 6) is -0.783. The van der Waals surface area contributed by atoms with Crippen LogP contribution in [0.1, 0.15) is 22.3 Å². The number of thiazole rings is 1. The molecule has 1 fully saturated rings. The lowest BCUT2D eigenvalue weighted by Gasteiger charge is -2.34. The molecule has 1 aromatic heterocycles. The summed E-state index contributed by atoms with van der Waals surface area (Å²) in [6, 6.07) is 0. The lowest BCUT2D eigenvalue weighted by atomic mass is 10.2. The molecule has 110 valence electrons. The van der Waals surface area contributed by atoms with Crippen molar-refractivity contribution in [3.63, 3.8) is 0 Å². The quantitative estimate of drug-likeness (QED) is 0.789. The molecule has 2 rings (SSSR count). The van der Waals surface area contributed by atoms with Crippen LogP contribution in [0.15, 0.2) is 5.51 Å². The predicted octanol–water partition coefficient (Wildman–Crippen LogP) is 1.47. The maximum absolute atomic E-state index is 12.7.